The third-order valence-corrected chi connectivity index (χ3v) is 8.12. The molecular formula is C26H30N2O2. The van der Waals surface area contributed by atoms with E-state index in [0.29, 0.717) is 23.1 Å². The second kappa shape index (κ2) is 7.04. The zero-order valence-electron chi connectivity index (χ0n) is 17.7. The lowest BCUT2D eigenvalue weighted by atomic mass is 9.75. The molecule has 2 fully saturated rings. The molecule has 0 spiro atoms. The number of fused-ring (bicyclic) bond motifs is 4. The average molecular weight is 403 g/mol. The third-order valence-electron chi connectivity index (χ3n) is 8.12. The molecule has 2 saturated carbocycles. The Kier molecular flexibility index (Phi) is 4.29. The van der Waals surface area contributed by atoms with Crippen molar-refractivity contribution in [1.82, 2.24) is 0 Å². The maximum absolute atomic E-state index is 13.1. The molecule has 6 rings (SSSR count). The summed E-state index contributed by atoms with van der Waals surface area (Å²) in [5, 5.41) is 3.22. The summed E-state index contributed by atoms with van der Waals surface area (Å²) >= 11 is 0. The summed E-state index contributed by atoms with van der Waals surface area (Å²) in [7, 11) is 1.62. The number of rotatable bonds is 3. The minimum absolute atomic E-state index is 0.0889. The van der Waals surface area contributed by atoms with Crippen molar-refractivity contribution in [3.8, 4) is 5.75 Å². The third kappa shape index (κ3) is 2.76. The van der Waals surface area contributed by atoms with Crippen LogP contribution in [0.3, 0.4) is 0 Å². The van der Waals surface area contributed by atoms with E-state index in [0.717, 1.165) is 17.5 Å². The minimum Gasteiger partial charge on any atom is -0.496 e. The number of nitrogens with zero attached hydrogens (tertiary/aromatic N) is 1. The van der Waals surface area contributed by atoms with E-state index in [2.05, 4.69) is 22.3 Å². The van der Waals surface area contributed by atoms with Gasteiger partial charge in [0.15, 0.2) is 0 Å². The van der Waals surface area contributed by atoms with Crippen LogP contribution in [0.4, 0.5) is 11.4 Å². The van der Waals surface area contributed by atoms with Gasteiger partial charge in [0.25, 0.3) is 5.91 Å². The summed E-state index contributed by atoms with van der Waals surface area (Å²) < 4.78 is 5.41. The van der Waals surface area contributed by atoms with Gasteiger partial charge < -0.3 is 15.0 Å². The van der Waals surface area contributed by atoms with E-state index in [1.807, 2.05) is 24.3 Å². The van der Waals surface area contributed by atoms with Gasteiger partial charge in [0.2, 0.25) is 0 Å². The predicted molar refractivity (Wildman–Crippen MR) is 120 cm³/mol. The molecular weight excluding hydrogens is 372 g/mol. The average Bonchev–Trinajstić information content (AvgIpc) is 3.43. The molecule has 4 atom stereocenters. The Labute approximate surface area is 178 Å². The molecule has 1 N–H and O–H groups in total. The van der Waals surface area contributed by atoms with Gasteiger partial charge in [0, 0.05) is 24.5 Å². The molecule has 4 heteroatoms. The molecule has 0 bridgehead atoms. The number of hydrogen-bond acceptors (Lipinski definition) is 3. The summed E-state index contributed by atoms with van der Waals surface area (Å²) in [4.78, 5) is 15.8. The first kappa shape index (κ1) is 18.3. The molecule has 0 aromatic heterocycles. The van der Waals surface area contributed by atoms with Crippen LogP contribution in [-0.4, -0.2) is 26.1 Å². The summed E-state index contributed by atoms with van der Waals surface area (Å²) in [6, 6.07) is 12.0. The first-order valence-electron chi connectivity index (χ1n) is 11.6. The fourth-order valence-electron chi connectivity index (χ4n) is 6.87. The number of para-hydroxylation sites is 1. The zero-order valence-corrected chi connectivity index (χ0v) is 17.7. The molecule has 30 heavy (non-hydrogen) atoms. The van der Waals surface area contributed by atoms with Gasteiger partial charge in [0.05, 0.1) is 12.7 Å². The highest BCUT2D eigenvalue weighted by molar-refractivity contribution is 6.06. The summed E-state index contributed by atoms with van der Waals surface area (Å²) in [6.45, 7) is 2.47. The second-order valence-corrected chi connectivity index (χ2v) is 9.66. The van der Waals surface area contributed by atoms with Crippen LogP contribution in [-0.2, 0) is 0 Å². The maximum Gasteiger partial charge on any atom is 0.259 e. The van der Waals surface area contributed by atoms with Crippen molar-refractivity contribution in [3.63, 3.8) is 0 Å². The van der Waals surface area contributed by atoms with Crippen LogP contribution < -0.4 is 15.0 Å². The number of carbonyl (C=O) groups excluding carboxylic acids is 1. The molecule has 0 radical (unpaired) electrons. The SMILES string of the molecule is COc1ccccc1C(=O)Nc1cc2c3c(c1)C1CCCC1CN3CC1CCCC21. The first-order chi connectivity index (χ1) is 14.7. The largest absolute Gasteiger partial charge is 0.496 e. The smallest absolute Gasteiger partial charge is 0.259 e. The molecule has 1 amide bonds. The number of methoxy groups -OCH3 is 1. The molecule has 2 aromatic carbocycles. The molecule has 4 unspecified atom stereocenters. The molecule has 4 aliphatic rings. The highest BCUT2D eigenvalue weighted by atomic mass is 16.5. The number of benzene rings is 2. The highest BCUT2D eigenvalue weighted by Gasteiger charge is 2.44. The zero-order chi connectivity index (χ0) is 20.2. The van der Waals surface area contributed by atoms with Crippen molar-refractivity contribution in [1.29, 1.82) is 0 Å². The summed E-state index contributed by atoms with van der Waals surface area (Å²) in [5.41, 5.74) is 6.07. The van der Waals surface area contributed by atoms with Gasteiger partial charge in [0.1, 0.15) is 5.75 Å². The quantitative estimate of drug-likeness (QED) is 0.732. The minimum atomic E-state index is -0.0889. The molecule has 2 aromatic rings. The van der Waals surface area contributed by atoms with Gasteiger partial charge in [-0.25, -0.2) is 0 Å². The lowest BCUT2D eigenvalue weighted by Crippen LogP contribution is -2.43. The van der Waals surface area contributed by atoms with E-state index >= 15 is 0 Å². The van der Waals surface area contributed by atoms with Crippen LogP contribution in [0, 0.1) is 11.8 Å². The van der Waals surface area contributed by atoms with Gasteiger partial charge in [-0.15, -0.1) is 0 Å². The van der Waals surface area contributed by atoms with Crippen molar-refractivity contribution >= 4 is 17.3 Å². The standard InChI is InChI=1S/C26H30N2O2/c1-30-24-11-3-2-8-21(24)26(29)27-18-12-22-19-9-4-6-16(19)14-28-15-17-7-5-10-20(17)23(13-18)25(22)28/h2-3,8,11-13,16-17,19-20H,4-7,9-10,14-15H2,1H3,(H,27,29). The van der Waals surface area contributed by atoms with Crippen molar-refractivity contribution < 1.29 is 9.53 Å². The lowest BCUT2D eigenvalue weighted by molar-refractivity contribution is 0.102. The molecule has 2 heterocycles. The topological polar surface area (TPSA) is 41.6 Å². The van der Waals surface area contributed by atoms with E-state index in [-0.39, 0.29) is 5.91 Å². The Balaban J connectivity index is 1.42. The second-order valence-electron chi connectivity index (χ2n) is 9.66. The normalized spacial score (nSPS) is 28.5. The highest BCUT2D eigenvalue weighted by Crippen LogP contribution is 2.56. The number of amides is 1. The Hall–Kier alpha value is -2.49. The molecule has 0 saturated heterocycles. The lowest BCUT2D eigenvalue weighted by Gasteiger charge is -2.46. The number of nitrogens with one attached hydrogen (secondary N) is 1. The van der Waals surface area contributed by atoms with Gasteiger partial charge in [-0.3, -0.25) is 4.79 Å². The molecule has 2 aliphatic heterocycles. The Bertz CT molecular complexity index is 955. The van der Waals surface area contributed by atoms with Gasteiger partial charge in [-0.05, 0) is 84.7 Å². The Morgan fingerprint density at radius 2 is 1.60 bits per heavy atom. The summed E-state index contributed by atoms with van der Waals surface area (Å²) in [5.74, 6) is 3.42. The van der Waals surface area contributed by atoms with Crippen LogP contribution in [0.1, 0.15) is 71.8 Å². The molecule has 4 nitrogen and oxygen atoms in total. The van der Waals surface area contributed by atoms with Crippen molar-refractivity contribution in [2.24, 2.45) is 11.8 Å². The predicted octanol–water partition coefficient (Wildman–Crippen LogP) is 5.55. The van der Waals surface area contributed by atoms with Crippen LogP contribution in [0.15, 0.2) is 36.4 Å². The van der Waals surface area contributed by atoms with Crippen molar-refractivity contribution in [2.45, 2.75) is 50.4 Å². The monoisotopic (exact) mass is 402 g/mol. The van der Waals surface area contributed by atoms with Crippen LogP contribution >= 0.6 is 0 Å². The molecule has 2 aliphatic carbocycles. The maximum atomic E-state index is 13.1. The van der Waals surface area contributed by atoms with Crippen molar-refractivity contribution in [3.05, 3.63) is 53.1 Å². The molecule has 156 valence electrons. The van der Waals surface area contributed by atoms with Crippen LogP contribution in [0.5, 0.6) is 5.75 Å². The van der Waals surface area contributed by atoms with Crippen molar-refractivity contribution in [2.75, 3.05) is 30.4 Å². The van der Waals surface area contributed by atoms with Crippen LogP contribution in [0.25, 0.3) is 0 Å². The van der Waals surface area contributed by atoms with E-state index in [1.165, 1.54) is 68.4 Å². The van der Waals surface area contributed by atoms with Gasteiger partial charge in [-0.1, -0.05) is 25.0 Å². The number of hydrogen-bond donors (Lipinski definition) is 1. The van der Waals surface area contributed by atoms with E-state index in [9.17, 15) is 4.79 Å². The number of anilines is 2. The fraction of sp³-hybridized carbons (Fsp3) is 0.500. The summed E-state index contributed by atoms with van der Waals surface area (Å²) in [6.07, 6.45) is 7.96. The number of ether oxygens (including phenoxy) is 1. The fourth-order valence-corrected chi connectivity index (χ4v) is 6.87. The van der Waals surface area contributed by atoms with E-state index in [4.69, 9.17) is 4.74 Å². The van der Waals surface area contributed by atoms with Crippen LogP contribution in [0.2, 0.25) is 0 Å². The van der Waals surface area contributed by atoms with Gasteiger partial charge >= 0.3 is 0 Å². The Morgan fingerprint density at radius 1 is 0.967 bits per heavy atom. The van der Waals surface area contributed by atoms with E-state index < -0.39 is 0 Å². The Morgan fingerprint density at radius 3 is 2.23 bits per heavy atom. The van der Waals surface area contributed by atoms with E-state index in [1.54, 1.807) is 7.11 Å². The number of carbonyl (C=O) groups is 1. The first-order valence-corrected chi connectivity index (χ1v) is 11.6. The van der Waals surface area contributed by atoms with Gasteiger partial charge in [-0.2, -0.15) is 0 Å².